The normalized spacial score (nSPS) is 11.8. The van der Waals surface area contributed by atoms with Crippen LogP contribution in [0, 0.1) is 12.3 Å². The van der Waals surface area contributed by atoms with E-state index in [1.807, 2.05) is 32.0 Å². The molecule has 0 amide bonds. The zero-order valence-corrected chi connectivity index (χ0v) is 14.5. The van der Waals surface area contributed by atoms with Gasteiger partial charge in [-0.1, -0.05) is 0 Å². The number of hydrogen-bond acceptors (Lipinski definition) is 4. The molecule has 0 fully saturated rings. The van der Waals surface area contributed by atoms with Crippen LogP contribution in [-0.2, 0) is 0 Å². The molecule has 0 atom stereocenters. The molecule has 0 radical (unpaired) electrons. The van der Waals surface area contributed by atoms with Crippen LogP contribution < -0.4 is 16.0 Å². The number of hydrogen-bond donors (Lipinski definition) is 2. The molecule has 0 unspecified atom stereocenters. The van der Waals surface area contributed by atoms with Crippen LogP contribution in [0.4, 0.5) is 0 Å². The molecule has 3 N–H and O–H groups in total. The molecule has 5 heteroatoms. The Kier molecular flexibility index (Phi) is 5.24. The number of pyridine rings is 1. The molecule has 24 heavy (non-hydrogen) atoms. The lowest BCUT2D eigenvalue weighted by Crippen LogP contribution is -2.19. The minimum Gasteiger partial charge on any atom is -0.494 e. The van der Waals surface area contributed by atoms with Crippen molar-refractivity contribution >= 4 is 11.3 Å². The molecule has 5 nitrogen and oxygen atoms in total. The molecule has 0 saturated heterocycles. The van der Waals surface area contributed by atoms with Crippen molar-refractivity contribution in [3.8, 4) is 11.4 Å². The van der Waals surface area contributed by atoms with Gasteiger partial charge in [0.25, 0.3) is 5.56 Å². The highest BCUT2D eigenvalue weighted by atomic mass is 16.5. The third-order valence-corrected chi connectivity index (χ3v) is 3.71. The molecule has 1 aromatic heterocycles. The quantitative estimate of drug-likeness (QED) is 0.828. The first kappa shape index (κ1) is 17.5. The van der Waals surface area contributed by atoms with Gasteiger partial charge in [0, 0.05) is 34.8 Å². The zero-order chi connectivity index (χ0) is 17.9. The Bertz CT molecular complexity index is 859. The van der Waals surface area contributed by atoms with Gasteiger partial charge in [-0.15, -0.1) is 0 Å². The number of aromatic nitrogens is 1. The molecule has 1 heterocycles. The monoisotopic (exact) mass is 325 g/mol. The van der Waals surface area contributed by atoms with Crippen LogP contribution >= 0.6 is 0 Å². The van der Waals surface area contributed by atoms with Crippen molar-refractivity contribution in [2.45, 2.75) is 27.7 Å². The van der Waals surface area contributed by atoms with Crippen LogP contribution in [0.15, 0.2) is 47.0 Å². The van der Waals surface area contributed by atoms with Gasteiger partial charge in [-0.3, -0.25) is 9.36 Å². The van der Waals surface area contributed by atoms with E-state index < -0.39 is 0 Å². The van der Waals surface area contributed by atoms with Crippen molar-refractivity contribution in [1.29, 1.82) is 5.41 Å². The molecule has 0 spiro atoms. The average Bonchev–Trinajstić information content (AvgIpc) is 2.49. The van der Waals surface area contributed by atoms with Crippen molar-refractivity contribution in [3.63, 3.8) is 0 Å². The minimum atomic E-state index is -0.136. The van der Waals surface area contributed by atoms with Crippen LogP contribution in [0.5, 0.6) is 5.75 Å². The second-order valence-electron chi connectivity index (χ2n) is 5.69. The van der Waals surface area contributed by atoms with Crippen molar-refractivity contribution in [1.82, 2.24) is 4.57 Å². The van der Waals surface area contributed by atoms with Crippen molar-refractivity contribution in [2.24, 2.45) is 5.73 Å². The van der Waals surface area contributed by atoms with Crippen molar-refractivity contribution in [2.75, 3.05) is 6.61 Å². The number of nitrogens with two attached hydrogens (primary N) is 1. The predicted octanol–water partition coefficient (Wildman–Crippen LogP) is 3.27. The number of ether oxygens (including phenoxy) is 1. The van der Waals surface area contributed by atoms with Gasteiger partial charge in [0.15, 0.2) is 0 Å². The standard InChI is InChI=1S/C19H23N3O2/c1-5-24-16-7-8-17(12(2)10-16)22-11-15(6-9-18(22)23)19(13(3)20)14(4)21/h6-11,20H,5,21H2,1-4H3/b19-14+,20-13?. The fourth-order valence-corrected chi connectivity index (χ4v) is 2.72. The molecule has 0 aliphatic carbocycles. The molecule has 0 aliphatic heterocycles. The van der Waals surface area contributed by atoms with Crippen LogP contribution in [0.25, 0.3) is 11.3 Å². The van der Waals surface area contributed by atoms with E-state index in [0.29, 0.717) is 23.6 Å². The van der Waals surface area contributed by atoms with Gasteiger partial charge in [0.05, 0.1) is 12.3 Å². The summed E-state index contributed by atoms with van der Waals surface area (Å²) in [5.74, 6) is 0.775. The second kappa shape index (κ2) is 7.17. The van der Waals surface area contributed by atoms with Crippen LogP contribution in [0.2, 0.25) is 0 Å². The average molecular weight is 325 g/mol. The first-order valence-corrected chi connectivity index (χ1v) is 7.84. The maximum absolute atomic E-state index is 12.3. The van der Waals surface area contributed by atoms with E-state index in [4.69, 9.17) is 15.9 Å². The first-order chi connectivity index (χ1) is 11.3. The Hall–Kier alpha value is -2.82. The summed E-state index contributed by atoms with van der Waals surface area (Å²) >= 11 is 0. The number of benzene rings is 1. The fourth-order valence-electron chi connectivity index (χ4n) is 2.72. The highest BCUT2D eigenvalue weighted by Gasteiger charge is 2.11. The second-order valence-corrected chi connectivity index (χ2v) is 5.69. The van der Waals surface area contributed by atoms with E-state index in [-0.39, 0.29) is 5.56 Å². The number of aryl methyl sites for hydroxylation is 1. The minimum absolute atomic E-state index is 0.136. The molecular weight excluding hydrogens is 302 g/mol. The van der Waals surface area contributed by atoms with Gasteiger partial charge in [0.1, 0.15) is 5.75 Å². The van der Waals surface area contributed by atoms with E-state index in [0.717, 1.165) is 22.6 Å². The summed E-state index contributed by atoms with van der Waals surface area (Å²) in [6.45, 7) is 7.90. The number of nitrogens with one attached hydrogen (secondary N) is 1. The van der Waals surface area contributed by atoms with E-state index in [1.165, 1.54) is 6.07 Å². The summed E-state index contributed by atoms with van der Waals surface area (Å²) in [6, 6.07) is 8.81. The third-order valence-electron chi connectivity index (χ3n) is 3.71. The maximum atomic E-state index is 12.3. The molecule has 2 rings (SSSR count). The summed E-state index contributed by atoms with van der Waals surface area (Å²) in [5.41, 5.74) is 9.80. The zero-order valence-electron chi connectivity index (χ0n) is 14.5. The Morgan fingerprint density at radius 3 is 2.50 bits per heavy atom. The molecule has 1 aromatic carbocycles. The summed E-state index contributed by atoms with van der Waals surface area (Å²) < 4.78 is 7.07. The lowest BCUT2D eigenvalue weighted by atomic mass is 10.0. The summed E-state index contributed by atoms with van der Waals surface area (Å²) in [7, 11) is 0. The first-order valence-electron chi connectivity index (χ1n) is 7.84. The maximum Gasteiger partial charge on any atom is 0.255 e. The van der Waals surface area contributed by atoms with Gasteiger partial charge >= 0.3 is 0 Å². The lowest BCUT2D eigenvalue weighted by molar-refractivity contribution is 0.340. The van der Waals surface area contributed by atoms with E-state index in [2.05, 4.69) is 0 Å². The molecule has 0 aliphatic rings. The Morgan fingerprint density at radius 2 is 1.96 bits per heavy atom. The Morgan fingerprint density at radius 1 is 1.25 bits per heavy atom. The molecule has 2 aromatic rings. The summed E-state index contributed by atoms with van der Waals surface area (Å²) in [5, 5.41) is 7.92. The number of rotatable bonds is 5. The van der Waals surface area contributed by atoms with Crippen LogP contribution in [0.1, 0.15) is 31.9 Å². The smallest absolute Gasteiger partial charge is 0.255 e. The molecule has 0 bridgehead atoms. The van der Waals surface area contributed by atoms with E-state index in [9.17, 15) is 4.79 Å². The van der Waals surface area contributed by atoms with E-state index >= 15 is 0 Å². The lowest BCUT2D eigenvalue weighted by Gasteiger charge is -2.14. The van der Waals surface area contributed by atoms with Crippen molar-refractivity contribution < 1.29 is 4.74 Å². The molecule has 0 saturated carbocycles. The molecule has 126 valence electrons. The Labute approximate surface area is 141 Å². The molecular formula is C19H23N3O2. The summed E-state index contributed by atoms with van der Waals surface area (Å²) in [4.78, 5) is 12.3. The van der Waals surface area contributed by atoms with Gasteiger partial charge < -0.3 is 15.9 Å². The number of allylic oxidation sites excluding steroid dienone is 2. The largest absolute Gasteiger partial charge is 0.494 e. The summed E-state index contributed by atoms with van der Waals surface area (Å²) in [6.07, 6.45) is 1.73. The SMILES string of the molecule is CCOc1ccc(-n2cc(/C(C(C)=N)=C(\C)N)ccc2=O)c(C)c1. The highest BCUT2D eigenvalue weighted by molar-refractivity contribution is 6.21. The van der Waals surface area contributed by atoms with Gasteiger partial charge in [0.2, 0.25) is 0 Å². The van der Waals surface area contributed by atoms with E-state index in [1.54, 1.807) is 30.7 Å². The highest BCUT2D eigenvalue weighted by Crippen LogP contribution is 2.22. The van der Waals surface area contributed by atoms with Gasteiger partial charge in [-0.05, 0) is 57.5 Å². The number of nitrogens with zero attached hydrogens (tertiary/aromatic N) is 1. The predicted molar refractivity (Wildman–Crippen MR) is 98.1 cm³/mol. The van der Waals surface area contributed by atoms with Crippen LogP contribution in [-0.4, -0.2) is 16.9 Å². The van der Waals surface area contributed by atoms with Gasteiger partial charge in [-0.2, -0.15) is 0 Å². The fraction of sp³-hybridized carbons (Fsp3) is 0.263. The Balaban J connectivity index is 2.60. The van der Waals surface area contributed by atoms with Gasteiger partial charge in [-0.25, -0.2) is 0 Å². The van der Waals surface area contributed by atoms with Crippen LogP contribution in [0.3, 0.4) is 0 Å². The topological polar surface area (TPSA) is 81.1 Å². The van der Waals surface area contributed by atoms with Crippen molar-refractivity contribution in [3.05, 3.63) is 63.7 Å². The third kappa shape index (κ3) is 3.56.